The molecule has 17 N–H and O–H groups in total. The number of phenolic OH excluding ortho intramolecular Hbond substituents is 1. The number of para-hydroxylation sites is 1. The molecule has 0 radical (unpaired) electrons. The van der Waals surface area contributed by atoms with Gasteiger partial charge in [0.2, 0.25) is 59.1 Å². The van der Waals surface area contributed by atoms with E-state index in [0.29, 0.717) is 35.9 Å². The van der Waals surface area contributed by atoms with Crippen LogP contribution in [0.4, 0.5) is 0 Å². The SMILES string of the molecule is CC(=O)O.CCNC(=O)[C@@H]1CCCN1C(=O)[C@H](CCCN=C(N)N)NC(=O)[C@H](CC(C)C)NC(=O)[C@@H](CC(C)C)NC(=O)[C@H](Cc1ccc(O)cc1)NC(=O)[C@H](CO)NC(=O)[C@H](Cc1c[nH]c2ccccc12)NC(=O)[C@H](CC1C=NC=N1)NC(=O)[C@@H]1CCC(=O)N1. The molecule has 10 amide bonds. The molecule has 4 heterocycles. The summed E-state index contributed by atoms with van der Waals surface area (Å²) < 4.78 is 0. The summed E-state index contributed by atoms with van der Waals surface area (Å²) in [6, 6.07) is 0.958. The zero-order valence-electron chi connectivity index (χ0n) is 52.2. The van der Waals surface area contributed by atoms with E-state index in [4.69, 9.17) is 21.4 Å². The lowest BCUT2D eigenvalue weighted by molar-refractivity contribution is -0.142. The number of guanidine groups is 1. The van der Waals surface area contributed by atoms with Crippen molar-refractivity contribution >= 4 is 94.5 Å². The van der Waals surface area contributed by atoms with Crippen LogP contribution in [-0.2, 0) is 65.6 Å². The number of aliphatic imine (C=N–C) groups is 3. The number of carbonyl (C=O) groups is 11. The molecule has 30 heteroatoms. The predicted octanol–water partition coefficient (Wildman–Crippen LogP) is -1.44. The van der Waals surface area contributed by atoms with Gasteiger partial charge in [0.05, 0.1) is 12.6 Å². The Balaban J connectivity index is 0.00000365. The monoisotopic (exact) mass is 1270 g/mol. The fourth-order valence-corrected chi connectivity index (χ4v) is 10.6. The second kappa shape index (κ2) is 35.6. The van der Waals surface area contributed by atoms with Gasteiger partial charge in [-0.05, 0) is 93.0 Å². The van der Waals surface area contributed by atoms with Gasteiger partial charge in [-0.2, -0.15) is 0 Å². The van der Waals surface area contributed by atoms with Gasteiger partial charge in [-0.1, -0.05) is 58.0 Å². The molecule has 91 heavy (non-hydrogen) atoms. The van der Waals surface area contributed by atoms with Crippen molar-refractivity contribution in [2.24, 2.45) is 38.3 Å². The molecular formula is C61H88N16O14. The molecule has 10 atom stereocenters. The third-order valence-corrected chi connectivity index (χ3v) is 15.0. The number of carboxylic acid groups (broad SMARTS) is 1. The van der Waals surface area contributed by atoms with Crippen molar-refractivity contribution in [1.82, 2.24) is 57.7 Å². The van der Waals surface area contributed by atoms with Gasteiger partial charge in [-0.25, -0.2) is 4.99 Å². The third-order valence-electron chi connectivity index (χ3n) is 15.0. The van der Waals surface area contributed by atoms with Crippen molar-refractivity contribution in [1.29, 1.82) is 0 Å². The molecule has 0 bridgehead atoms. The Bertz CT molecular complexity index is 3110. The Hall–Kier alpha value is -9.48. The molecule has 3 aliphatic heterocycles. The molecule has 6 rings (SSSR count). The Morgan fingerprint density at radius 1 is 0.725 bits per heavy atom. The molecule has 496 valence electrons. The quantitative estimate of drug-likeness (QED) is 0.0193. The number of hydrogen-bond donors (Lipinski definition) is 15. The lowest BCUT2D eigenvalue weighted by Gasteiger charge is -2.31. The molecule has 0 saturated carbocycles. The van der Waals surface area contributed by atoms with Crippen LogP contribution in [0.1, 0.15) is 110 Å². The maximum atomic E-state index is 14.7. The largest absolute Gasteiger partial charge is 0.508 e. The number of rotatable bonds is 32. The van der Waals surface area contributed by atoms with Crippen LogP contribution in [0.2, 0.25) is 0 Å². The Labute approximate surface area is 527 Å². The number of aliphatic hydroxyl groups excluding tert-OH is 1. The standard InChI is InChI=1S/C59H84N16O12.C2H4O2/c1-6-63-57(86)48-14-10-22-75(48)58(87)41(13-9-21-64-59(60)61)68-51(80)42(23-32(2)3)69-52(81)43(24-33(4)5)70-53(82)44(25-34-15-17-37(77)18-16-34)71-56(85)47(30-76)74-54(83)45(26-35-28-65-39-12-8-7-11-38(35)39)72-55(84)46(27-36-29-62-31-66-36)73-50(79)40-19-20-49(78)67-40;1-2(3)4/h7-8,11-12,15-18,28-29,31-33,36,40-48,65,76-77H,6,9-10,13-14,19-27,30H2,1-5H3,(H,63,86)(H,67,78)(H,68,80)(H,69,81)(H,70,82)(H,71,85)(H,72,84)(H,73,79)(H,74,83)(H4,60,61,64);1H3,(H,3,4)/t36?,40-,41-,42-,43+,44-,45-,46-,47-,48-;/m0./s1. The van der Waals surface area contributed by atoms with Gasteiger partial charge in [0.15, 0.2) is 5.96 Å². The molecule has 2 aromatic carbocycles. The molecule has 1 aromatic heterocycles. The second-order valence-corrected chi connectivity index (χ2v) is 23.4. The summed E-state index contributed by atoms with van der Waals surface area (Å²) in [7, 11) is 0. The summed E-state index contributed by atoms with van der Waals surface area (Å²) in [6.45, 7) is 9.90. The maximum Gasteiger partial charge on any atom is 0.300 e. The van der Waals surface area contributed by atoms with Crippen molar-refractivity contribution < 1.29 is 68.1 Å². The second-order valence-electron chi connectivity index (χ2n) is 23.4. The van der Waals surface area contributed by atoms with Crippen LogP contribution in [0, 0.1) is 11.8 Å². The number of amides is 10. The number of carbonyl (C=O) groups excluding carboxylic acids is 10. The van der Waals surface area contributed by atoms with Crippen molar-refractivity contribution in [3.05, 3.63) is 65.9 Å². The van der Waals surface area contributed by atoms with Gasteiger partial charge in [-0.15, -0.1) is 0 Å². The van der Waals surface area contributed by atoms with E-state index in [-0.39, 0.29) is 106 Å². The van der Waals surface area contributed by atoms with Gasteiger partial charge in [0.25, 0.3) is 5.97 Å². The number of phenols is 1. The minimum atomic E-state index is -1.75. The number of likely N-dealkylation sites (N-methyl/N-ethyl adjacent to an activating group) is 1. The molecule has 3 aliphatic rings. The Morgan fingerprint density at radius 2 is 1.29 bits per heavy atom. The Kier molecular flexibility index (Phi) is 28.3. The van der Waals surface area contributed by atoms with E-state index in [0.717, 1.165) is 12.4 Å². The Morgan fingerprint density at radius 3 is 1.85 bits per heavy atom. The molecule has 0 spiro atoms. The number of nitrogens with zero attached hydrogens (tertiary/aromatic N) is 4. The highest BCUT2D eigenvalue weighted by Crippen LogP contribution is 2.23. The van der Waals surface area contributed by atoms with Crippen molar-refractivity contribution in [2.45, 2.75) is 173 Å². The number of H-pyrrole nitrogens is 1. The van der Waals surface area contributed by atoms with Crippen molar-refractivity contribution in [3.8, 4) is 5.75 Å². The first-order chi connectivity index (χ1) is 43.3. The van der Waals surface area contributed by atoms with Crippen molar-refractivity contribution in [3.63, 3.8) is 0 Å². The number of hydrogen-bond acceptors (Lipinski definition) is 16. The third kappa shape index (κ3) is 23.1. The van der Waals surface area contributed by atoms with Crippen LogP contribution in [0.15, 0.2) is 69.7 Å². The summed E-state index contributed by atoms with van der Waals surface area (Å²) in [5.74, 6) is -8.39. The maximum absolute atomic E-state index is 14.7. The fraction of sp³-hybridized carbons (Fsp3) is 0.541. The zero-order valence-corrected chi connectivity index (χ0v) is 52.2. The van der Waals surface area contributed by atoms with Gasteiger partial charge < -0.3 is 84.5 Å². The number of aliphatic carboxylic acids is 1. The number of carboxylic acids is 1. The average molecular weight is 1270 g/mol. The minimum Gasteiger partial charge on any atom is -0.508 e. The van der Waals surface area contributed by atoms with E-state index >= 15 is 0 Å². The van der Waals surface area contributed by atoms with E-state index in [2.05, 4.69) is 67.8 Å². The lowest BCUT2D eigenvalue weighted by atomic mass is 9.98. The minimum absolute atomic E-state index is 0.0392. The van der Waals surface area contributed by atoms with Crippen LogP contribution in [0.3, 0.4) is 0 Å². The summed E-state index contributed by atoms with van der Waals surface area (Å²) in [6.07, 6.45) is 5.77. The highest BCUT2D eigenvalue weighted by atomic mass is 16.4. The topological polar surface area (TPSA) is 465 Å². The number of fused-ring (bicyclic) bond motifs is 1. The van der Waals surface area contributed by atoms with Crippen LogP contribution in [0.25, 0.3) is 10.9 Å². The molecule has 30 nitrogen and oxygen atoms in total. The number of nitrogens with one attached hydrogen (secondary N) is 10. The average Bonchev–Trinajstić information content (AvgIpc) is 2.04. The van der Waals surface area contributed by atoms with Crippen LogP contribution < -0.4 is 59.3 Å². The van der Waals surface area contributed by atoms with Crippen molar-refractivity contribution in [2.75, 3.05) is 26.2 Å². The van der Waals surface area contributed by atoms with Crippen LogP contribution >= 0.6 is 0 Å². The first kappa shape index (κ1) is 72.3. The number of aromatic hydroxyl groups is 1. The highest BCUT2D eigenvalue weighted by molar-refractivity contribution is 6.00. The first-order valence-corrected chi connectivity index (χ1v) is 30.5. The smallest absolute Gasteiger partial charge is 0.300 e. The number of aromatic amines is 1. The number of nitrogens with two attached hydrogens (primary N) is 2. The predicted molar refractivity (Wildman–Crippen MR) is 337 cm³/mol. The number of aromatic nitrogens is 1. The summed E-state index contributed by atoms with van der Waals surface area (Å²) in [5.41, 5.74) is 12.8. The number of aliphatic hydroxyl groups is 1. The molecule has 2 fully saturated rings. The molecule has 2 saturated heterocycles. The highest BCUT2D eigenvalue weighted by Gasteiger charge is 2.40. The lowest BCUT2D eigenvalue weighted by Crippen LogP contribution is -2.61. The molecular weight excluding hydrogens is 1180 g/mol. The summed E-state index contributed by atoms with van der Waals surface area (Å²) in [4.78, 5) is 165. The summed E-state index contributed by atoms with van der Waals surface area (Å²) in [5, 5.41) is 53.3. The van der Waals surface area contributed by atoms with Crippen LogP contribution in [0.5, 0.6) is 5.75 Å². The molecule has 3 aromatic rings. The first-order valence-electron chi connectivity index (χ1n) is 30.5. The number of likely N-dealkylation sites (tertiary alicyclic amines) is 1. The normalized spacial score (nSPS) is 18.0. The van der Waals surface area contributed by atoms with Gasteiger partial charge in [0.1, 0.15) is 66.5 Å². The van der Waals surface area contributed by atoms with E-state index in [1.165, 1.54) is 41.7 Å². The van der Waals surface area contributed by atoms with Gasteiger partial charge in [-0.3, -0.25) is 62.7 Å². The van der Waals surface area contributed by atoms with E-state index < -0.39 is 120 Å². The zero-order chi connectivity index (χ0) is 66.9. The fourth-order valence-electron chi connectivity index (χ4n) is 10.6. The van der Waals surface area contributed by atoms with E-state index in [1.54, 1.807) is 45.2 Å². The number of benzene rings is 2. The van der Waals surface area contributed by atoms with Gasteiger partial charge in [0, 0.05) is 75.6 Å². The molecule has 1 unspecified atom stereocenters. The summed E-state index contributed by atoms with van der Waals surface area (Å²) >= 11 is 0. The van der Waals surface area contributed by atoms with Crippen LogP contribution in [-0.4, -0.2) is 195 Å². The van der Waals surface area contributed by atoms with Gasteiger partial charge >= 0.3 is 0 Å². The molecule has 0 aliphatic carbocycles. The van der Waals surface area contributed by atoms with E-state index in [1.807, 2.05) is 19.9 Å². The van der Waals surface area contributed by atoms with E-state index in [9.17, 15) is 58.2 Å².